The van der Waals surface area contributed by atoms with Crippen molar-refractivity contribution in [3.8, 4) is 11.3 Å². The maximum absolute atomic E-state index is 12.9. The number of carbonyl (C=O) groups excluding carboxylic acids is 1. The van der Waals surface area contributed by atoms with Crippen LogP contribution >= 0.6 is 11.3 Å². The Morgan fingerprint density at radius 1 is 1.21 bits per heavy atom. The predicted octanol–water partition coefficient (Wildman–Crippen LogP) is 4.98. The SMILES string of the molecule is O=C(c1cc(-c2csc(Cc3cccc(C(F)(F)F)c3)n2)c[nH]1)N1CCCC1. The zero-order valence-electron chi connectivity index (χ0n) is 14.9. The van der Waals surface area contributed by atoms with Crippen LogP contribution in [0.1, 0.15) is 39.5 Å². The first-order valence-electron chi connectivity index (χ1n) is 8.99. The van der Waals surface area contributed by atoms with Crippen LogP contribution in [0.3, 0.4) is 0 Å². The number of thiazole rings is 1. The molecule has 1 aliphatic rings. The molecule has 1 N–H and O–H groups in total. The van der Waals surface area contributed by atoms with Crippen LogP contribution in [0.2, 0.25) is 0 Å². The van der Waals surface area contributed by atoms with Gasteiger partial charge in [0.25, 0.3) is 5.91 Å². The van der Waals surface area contributed by atoms with Gasteiger partial charge in [-0.1, -0.05) is 18.2 Å². The van der Waals surface area contributed by atoms with E-state index in [-0.39, 0.29) is 5.91 Å². The van der Waals surface area contributed by atoms with Crippen molar-refractivity contribution >= 4 is 17.2 Å². The van der Waals surface area contributed by atoms with Crippen LogP contribution in [0.4, 0.5) is 13.2 Å². The molecule has 8 heteroatoms. The molecule has 28 heavy (non-hydrogen) atoms. The van der Waals surface area contributed by atoms with E-state index in [0.29, 0.717) is 23.4 Å². The molecule has 0 unspecified atom stereocenters. The third kappa shape index (κ3) is 3.96. The van der Waals surface area contributed by atoms with Crippen LogP contribution in [0.15, 0.2) is 41.9 Å². The van der Waals surface area contributed by atoms with E-state index in [1.165, 1.54) is 17.4 Å². The fraction of sp³-hybridized carbons (Fsp3) is 0.300. The molecule has 2 aromatic heterocycles. The van der Waals surface area contributed by atoms with Gasteiger partial charge in [0, 0.05) is 36.7 Å². The number of hydrogen-bond acceptors (Lipinski definition) is 3. The molecule has 0 atom stereocenters. The molecular weight excluding hydrogens is 387 g/mol. The van der Waals surface area contributed by atoms with E-state index in [1.807, 2.05) is 10.3 Å². The van der Waals surface area contributed by atoms with Crippen LogP contribution in [-0.2, 0) is 12.6 Å². The van der Waals surface area contributed by atoms with Crippen molar-refractivity contribution in [2.24, 2.45) is 0 Å². The molecule has 0 saturated carbocycles. The molecular formula is C20H18F3N3OS. The number of benzene rings is 1. The summed E-state index contributed by atoms with van der Waals surface area (Å²) in [7, 11) is 0. The first-order valence-corrected chi connectivity index (χ1v) is 9.87. The van der Waals surface area contributed by atoms with Crippen molar-refractivity contribution in [2.45, 2.75) is 25.4 Å². The van der Waals surface area contributed by atoms with E-state index in [2.05, 4.69) is 9.97 Å². The molecule has 1 amide bonds. The van der Waals surface area contributed by atoms with Gasteiger partial charge in [-0.25, -0.2) is 4.98 Å². The highest BCUT2D eigenvalue weighted by Gasteiger charge is 2.30. The Morgan fingerprint density at radius 2 is 2.00 bits per heavy atom. The zero-order chi connectivity index (χ0) is 19.7. The first-order chi connectivity index (χ1) is 13.4. The van der Waals surface area contributed by atoms with E-state index in [1.54, 1.807) is 18.3 Å². The largest absolute Gasteiger partial charge is 0.416 e. The average molecular weight is 405 g/mol. The fourth-order valence-corrected chi connectivity index (χ4v) is 4.15. The van der Waals surface area contributed by atoms with Gasteiger partial charge in [-0.15, -0.1) is 11.3 Å². The molecule has 1 aliphatic heterocycles. The highest BCUT2D eigenvalue weighted by molar-refractivity contribution is 7.10. The number of aromatic amines is 1. The number of amides is 1. The Hall–Kier alpha value is -2.61. The summed E-state index contributed by atoms with van der Waals surface area (Å²) in [5, 5.41) is 2.58. The standard InChI is InChI=1S/C20H18F3N3OS/c21-20(22,23)15-5-3-4-13(8-15)9-18-25-17(12-28-18)14-10-16(24-11-14)19(27)26-6-1-2-7-26/h3-5,8,10-12,24H,1-2,6-7,9H2. The van der Waals surface area contributed by atoms with Gasteiger partial charge in [0.15, 0.2) is 0 Å². The van der Waals surface area contributed by atoms with Crippen LogP contribution in [0, 0.1) is 0 Å². The number of hydrogen-bond donors (Lipinski definition) is 1. The number of rotatable bonds is 4. The Morgan fingerprint density at radius 3 is 2.75 bits per heavy atom. The maximum atomic E-state index is 12.9. The second kappa shape index (κ2) is 7.43. The summed E-state index contributed by atoms with van der Waals surface area (Å²) in [6, 6.07) is 7.08. The number of H-pyrrole nitrogens is 1. The number of nitrogens with one attached hydrogen (secondary N) is 1. The Kier molecular flexibility index (Phi) is 4.97. The quantitative estimate of drug-likeness (QED) is 0.665. The highest BCUT2D eigenvalue weighted by Crippen LogP contribution is 2.31. The molecule has 1 aromatic carbocycles. The lowest BCUT2D eigenvalue weighted by Crippen LogP contribution is -2.27. The highest BCUT2D eigenvalue weighted by atomic mass is 32.1. The van der Waals surface area contributed by atoms with E-state index in [9.17, 15) is 18.0 Å². The fourth-order valence-electron chi connectivity index (χ4n) is 3.31. The molecule has 0 bridgehead atoms. The van der Waals surface area contributed by atoms with Gasteiger partial charge in [0.05, 0.1) is 16.3 Å². The molecule has 4 rings (SSSR count). The van der Waals surface area contributed by atoms with Crippen molar-refractivity contribution in [1.82, 2.24) is 14.9 Å². The number of carbonyl (C=O) groups is 1. The lowest BCUT2D eigenvalue weighted by molar-refractivity contribution is -0.137. The lowest BCUT2D eigenvalue weighted by Gasteiger charge is -2.13. The minimum absolute atomic E-state index is 0.0110. The van der Waals surface area contributed by atoms with E-state index in [0.717, 1.165) is 48.6 Å². The van der Waals surface area contributed by atoms with Gasteiger partial charge in [0.2, 0.25) is 0 Å². The summed E-state index contributed by atoms with van der Waals surface area (Å²) >= 11 is 1.39. The smallest absolute Gasteiger partial charge is 0.357 e. The van der Waals surface area contributed by atoms with E-state index >= 15 is 0 Å². The van der Waals surface area contributed by atoms with Crippen LogP contribution in [-0.4, -0.2) is 33.9 Å². The normalized spacial score (nSPS) is 14.6. The Balaban J connectivity index is 1.48. The minimum Gasteiger partial charge on any atom is -0.357 e. The van der Waals surface area contributed by atoms with Gasteiger partial charge in [-0.05, 0) is 30.5 Å². The van der Waals surface area contributed by atoms with Gasteiger partial charge in [-0.2, -0.15) is 13.2 Å². The zero-order valence-corrected chi connectivity index (χ0v) is 15.7. The summed E-state index contributed by atoms with van der Waals surface area (Å²) in [6.07, 6.45) is -0.215. The summed E-state index contributed by atoms with van der Waals surface area (Å²) in [4.78, 5) is 21.8. The van der Waals surface area contributed by atoms with Crippen molar-refractivity contribution in [3.05, 3.63) is 63.7 Å². The molecule has 146 valence electrons. The van der Waals surface area contributed by atoms with Gasteiger partial charge < -0.3 is 9.88 Å². The third-order valence-electron chi connectivity index (χ3n) is 4.76. The van der Waals surface area contributed by atoms with Crippen molar-refractivity contribution in [1.29, 1.82) is 0 Å². The molecule has 1 saturated heterocycles. The monoisotopic (exact) mass is 405 g/mol. The third-order valence-corrected chi connectivity index (χ3v) is 5.61. The number of likely N-dealkylation sites (tertiary alicyclic amines) is 1. The van der Waals surface area contributed by atoms with Crippen molar-refractivity contribution in [2.75, 3.05) is 13.1 Å². The topological polar surface area (TPSA) is 49.0 Å². The van der Waals surface area contributed by atoms with Crippen LogP contribution in [0.5, 0.6) is 0 Å². The second-order valence-corrected chi connectivity index (χ2v) is 7.75. The Labute approximate surface area is 164 Å². The second-order valence-electron chi connectivity index (χ2n) is 6.80. The number of alkyl halides is 3. The number of halogens is 3. The summed E-state index contributed by atoms with van der Waals surface area (Å²) in [5.74, 6) is -0.0110. The van der Waals surface area contributed by atoms with Gasteiger partial charge in [0.1, 0.15) is 5.69 Å². The predicted molar refractivity (Wildman–Crippen MR) is 101 cm³/mol. The van der Waals surface area contributed by atoms with Crippen molar-refractivity contribution < 1.29 is 18.0 Å². The average Bonchev–Trinajstić information content (AvgIpc) is 3.41. The van der Waals surface area contributed by atoms with Crippen molar-refractivity contribution in [3.63, 3.8) is 0 Å². The molecule has 3 heterocycles. The summed E-state index contributed by atoms with van der Waals surface area (Å²) in [5.41, 5.74) is 1.95. The number of aromatic nitrogens is 2. The molecule has 4 nitrogen and oxygen atoms in total. The van der Waals surface area contributed by atoms with Crippen LogP contribution < -0.4 is 0 Å². The lowest BCUT2D eigenvalue weighted by atomic mass is 10.1. The molecule has 0 radical (unpaired) electrons. The van der Waals surface area contributed by atoms with Gasteiger partial charge >= 0.3 is 6.18 Å². The van der Waals surface area contributed by atoms with E-state index < -0.39 is 11.7 Å². The summed E-state index contributed by atoms with van der Waals surface area (Å²) in [6.45, 7) is 1.57. The van der Waals surface area contributed by atoms with Gasteiger partial charge in [-0.3, -0.25) is 4.79 Å². The first kappa shape index (κ1) is 18.7. The Bertz CT molecular complexity index is 986. The minimum atomic E-state index is -4.35. The maximum Gasteiger partial charge on any atom is 0.416 e. The van der Waals surface area contributed by atoms with E-state index in [4.69, 9.17) is 0 Å². The summed E-state index contributed by atoms with van der Waals surface area (Å²) < 4.78 is 38.6. The van der Waals surface area contributed by atoms with Crippen LogP contribution in [0.25, 0.3) is 11.3 Å². The molecule has 0 aliphatic carbocycles. The molecule has 0 spiro atoms. The number of nitrogens with zero attached hydrogens (tertiary/aromatic N) is 2. The molecule has 1 fully saturated rings. The molecule has 3 aromatic rings.